The zero-order chi connectivity index (χ0) is 11.7. The van der Waals surface area contributed by atoms with Crippen LogP contribution in [-0.4, -0.2) is 33.6 Å². The van der Waals surface area contributed by atoms with Gasteiger partial charge in [0, 0.05) is 35.6 Å². The molecule has 1 N–H and O–H groups in total. The number of hydrogen-bond donors (Lipinski definition) is 1. The lowest BCUT2D eigenvalue weighted by atomic mass is 9.96. The third-order valence-electron chi connectivity index (χ3n) is 4.16. The first kappa shape index (κ1) is 11.6. The Balaban J connectivity index is 1.74. The maximum Gasteiger partial charge on any atom is 0.0948 e. The molecule has 17 heavy (non-hydrogen) atoms. The van der Waals surface area contributed by atoms with Gasteiger partial charge in [-0.25, -0.2) is 4.98 Å². The van der Waals surface area contributed by atoms with E-state index in [9.17, 15) is 0 Å². The zero-order valence-corrected chi connectivity index (χ0v) is 11.3. The minimum atomic E-state index is 0.525. The summed E-state index contributed by atoms with van der Waals surface area (Å²) in [5.41, 5.74) is 1.44. The van der Waals surface area contributed by atoms with Gasteiger partial charge in [0.25, 0.3) is 0 Å². The van der Waals surface area contributed by atoms with Crippen molar-refractivity contribution in [2.45, 2.75) is 42.9 Å². The fourth-order valence-corrected chi connectivity index (χ4v) is 3.56. The zero-order valence-electron chi connectivity index (χ0n) is 10.5. The average Bonchev–Trinajstić information content (AvgIpc) is 3.00. The van der Waals surface area contributed by atoms with Crippen molar-refractivity contribution in [3.63, 3.8) is 0 Å². The highest BCUT2D eigenvalue weighted by atomic mass is 32.2. The van der Waals surface area contributed by atoms with Crippen LogP contribution in [0.4, 0.5) is 0 Å². The Morgan fingerprint density at radius 1 is 1.59 bits per heavy atom. The van der Waals surface area contributed by atoms with Crippen LogP contribution in [0.25, 0.3) is 0 Å². The predicted octanol–water partition coefficient (Wildman–Crippen LogP) is 2.25. The normalized spacial score (nSPS) is 27.0. The van der Waals surface area contributed by atoms with E-state index in [1.54, 1.807) is 0 Å². The molecule has 1 aromatic rings. The SMILES string of the molecule is CSC1(Cn2cncc2C2CCCNC2)CC1. The first-order chi connectivity index (χ1) is 8.33. The summed E-state index contributed by atoms with van der Waals surface area (Å²) < 4.78 is 2.93. The van der Waals surface area contributed by atoms with Gasteiger partial charge in [-0.1, -0.05) is 0 Å². The molecule has 1 saturated carbocycles. The average molecular weight is 251 g/mol. The van der Waals surface area contributed by atoms with E-state index in [-0.39, 0.29) is 0 Å². The Kier molecular flexibility index (Phi) is 3.17. The van der Waals surface area contributed by atoms with Crippen LogP contribution in [0.1, 0.15) is 37.3 Å². The summed E-state index contributed by atoms with van der Waals surface area (Å²) in [7, 11) is 0. The van der Waals surface area contributed by atoms with E-state index in [2.05, 4.69) is 27.3 Å². The molecule has 0 radical (unpaired) electrons. The Hall–Kier alpha value is -0.480. The van der Waals surface area contributed by atoms with Crippen molar-refractivity contribution < 1.29 is 0 Å². The van der Waals surface area contributed by atoms with Crippen LogP contribution in [0.15, 0.2) is 12.5 Å². The van der Waals surface area contributed by atoms with Crippen LogP contribution in [0.3, 0.4) is 0 Å². The Morgan fingerprint density at radius 3 is 3.12 bits per heavy atom. The van der Waals surface area contributed by atoms with Gasteiger partial charge in [-0.2, -0.15) is 11.8 Å². The third kappa shape index (κ3) is 2.38. The lowest BCUT2D eigenvalue weighted by Crippen LogP contribution is -2.30. The van der Waals surface area contributed by atoms with E-state index in [0.717, 1.165) is 13.1 Å². The molecule has 4 heteroatoms. The smallest absolute Gasteiger partial charge is 0.0948 e. The second kappa shape index (κ2) is 4.65. The predicted molar refractivity (Wildman–Crippen MR) is 72.6 cm³/mol. The quantitative estimate of drug-likeness (QED) is 0.890. The van der Waals surface area contributed by atoms with Gasteiger partial charge in [0.15, 0.2) is 0 Å². The molecule has 3 nitrogen and oxygen atoms in total. The van der Waals surface area contributed by atoms with Gasteiger partial charge in [0.1, 0.15) is 0 Å². The second-order valence-corrected chi connectivity index (χ2v) is 6.65. The highest BCUT2D eigenvalue weighted by molar-refractivity contribution is 8.00. The van der Waals surface area contributed by atoms with Crippen molar-refractivity contribution in [3.05, 3.63) is 18.2 Å². The summed E-state index contributed by atoms with van der Waals surface area (Å²) in [5.74, 6) is 0.670. The lowest BCUT2D eigenvalue weighted by Gasteiger charge is -2.25. The Bertz CT molecular complexity index is 378. The topological polar surface area (TPSA) is 29.9 Å². The first-order valence-corrected chi connectivity index (χ1v) is 7.81. The molecule has 1 saturated heterocycles. The van der Waals surface area contributed by atoms with Crippen LogP contribution in [0, 0.1) is 0 Å². The summed E-state index contributed by atoms with van der Waals surface area (Å²) in [6, 6.07) is 0. The molecule has 1 aromatic heterocycles. The molecule has 1 aliphatic carbocycles. The number of nitrogens with one attached hydrogen (secondary N) is 1. The van der Waals surface area contributed by atoms with Crippen molar-refractivity contribution in [1.29, 1.82) is 0 Å². The highest BCUT2D eigenvalue weighted by Crippen LogP contribution is 2.48. The Labute approximate surface area is 107 Å². The van der Waals surface area contributed by atoms with Crippen molar-refractivity contribution >= 4 is 11.8 Å². The molecule has 1 atom stereocenters. The molecular formula is C13H21N3S. The van der Waals surface area contributed by atoms with Crippen LogP contribution in [-0.2, 0) is 6.54 Å². The number of aromatic nitrogens is 2. The first-order valence-electron chi connectivity index (χ1n) is 6.59. The van der Waals surface area contributed by atoms with Gasteiger partial charge in [-0.15, -0.1) is 0 Å². The molecule has 3 rings (SSSR count). The maximum absolute atomic E-state index is 4.37. The number of nitrogens with zero attached hydrogens (tertiary/aromatic N) is 2. The van der Waals surface area contributed by atoms with Gasteiger partial charge in [-0.3, -0.25) is 0 Å². The second-order valence-electron chi connectivity index (χ2n) is 5.38. The molecule has 2 aliphatic rings. The molecule has 1 aliphatic heterocycles. The van der Waals surface area contributed by atoms with E-state index in [0.29, 0.717) is 10.7 Å². The van der Waals surface area contributed by atoms with Gasteiger partial charge in [0.2, 0.25) is 0 Å². The highest BCUT2D eigenvalue weighted by Gasteiger charge is 2.42. The molecule has 2 heterocycles. The molecular weight excluding hydrogens is 230 g/mol. The summed E-state index contributed by atoms with van der Waals surface area (Å²) in [5, 5.41) is 3.50. The number of thioether (sulfide) groups is 1. The van der Waals surface area contributed by atoms with Crippen molar-refractivity contribution in [3.8, 4) is 0 Å². The van der Waals surface area contributed by atoms with Crippen molar-refractivity contribution in [2.75, 3.05) is 19.3 Å². The van der Waals surface area contributed by atoms with Gasteiger partial charge >= 0.3 is 0 Å². The number of piperidine rings is 1. The van der Waals surface area contributed by atoms with Crippen LogP contribution < -0.4 is 5.32 Å². The molecule has 2 fully saturated rings. The van der Waals surface area contributed by atoms with Crippen LogP contribution in [0.2, 0.25) is 0 Å². The molecule has 0 spiro atoms. The monoisotopic (exact) mass is 251 g/mol. The fraction of sp³-hybridized carbons (Fsp3) is 0.769. The van der Waals surface area contributed by atoms with Crippen LogP contribution in [0.5, 0.6) is 0 Å². The van der Waals surface area contributed by atoms with Crippen molar-refractivity contribution in [2.24, 2.45) is 0 Å². The third-order valence-corrected chi connectivity index (χ3v) is 5.56. The number of imidazole rings is 1. The maximum atomic E-state index is 4.37. The molecule has 94 valence electrons. The van der Waals surface area contributed by atoms with E-state index in [1.165, 1.54) is 37.9 Å². The molecule has 0 bridgehead atoms. The summed E-state index contributed by atoms with van der Waals surface area (Å²) in [6.45, 7) is 3.46. The molecule has 0 aromatic carbocycles. The fourth-order valence-electron chi connectivity index (χ4n) is 2.78. The summed E-state index contributed by atoms with van der Waals surface area (Å²) in [4.78, 5) is 4.37. The largest absolute Gasteiger partial charge is 0.333 e. The van der Waals surface area contributed by atoms with Crippen molar-refractivity contribution in [1.82, 2.24) is 14.9 Å². The van der Waals surface area contributed by atoms with E-state index in [4.69, 9.17) is 0 Å². The molecule has 0 amide bonds. The minimum absolute atomic E-state index is 0.525. The van der Waals surface area contributed by atoms with Gasteiger partial charge in [0.05, 0.1) is 6.33 Å². The lowest BCUT2D eigenvalue weighted by molar-refractivity contribution is 0.438. The van der Waals surface area contributed by atoms with E-state index < -0.39 is 0 Å². The number of rotatable bonds is 4. The Morgan fingerprint density at radius 2 is 2.47 bits per heavy atom. The standard InChI is InChI=1S/C13H21N3S/c1-17-13(4-5-13)9-16-10-15-8-12(16)11-3-2-6-14-7-11/h8,10-11,14H,2-7,9H2,1H3. The summed E-state index contributed by atoms with van der Waals surface area (Å²) in [6.07, 6.45) is 11.7. The van der Waals surface area contributed by atoms with Crippen LogP contribution >= 0.6 is 11.8 Å². The summed E-state index contributed by atoms with van der Waals surface area (Å²) >= 11 is 2.03. The van der Waals surface area contributed by atoms with E-state index >= 15 is 0 Å². The minimum Gasteiger partial charge on any atom is -0.333 e. The van der Waals surface area contributed by atoms with Gasteiger partial charge < -0.3 is 9.88 Å². The van der Waals surface area contributed by atoms with Gasteiger partial charge in [-0.05, 0) is 38.5 Å². The molecule has 1 unspecified atom stereocenters. The number of hydrogen-bond acceptors (Lipinski definition) is 3. The van der Waals surface area contributed by atoms with E-state index in [1.807, 2.05) is 18.1 Å².